The minimum absolute atomic E-state index is 0.249. The molecule has 1 unspecified atom stereocenters. The third kappa shape index (κ3) is 4.01. The number of hydrogen-bond acceptors (Lipinski definition) is 3. The van der Waals surface area contributed by atoms with Crippen LogP contribution < -0.4 is 5.32 Å². The maximum atomic E-state index is 8.74. The molecule has 1 aromatic rings. The Morgan fingerprint density at radius 1 is 1.53 bits per heavy atom. The first-order valence-corrected chi connectivity index (χ1v) is 5.10. The lowest BCUT2D eigenvalue weighted by Gasteiger charge is -2.14. The minimum atomic E-state index is 0.249. The van der Waals surface area contributed by atoms with Crippen molar-refractivity contribution in [1.29, 1.82) is 5.26 Å². The van der Waals surface area contributed by atoms with Gasteiger partial charge in [-0.3, -0.25) is 0 Å². The molecule has 1 rings (SSSR count). The SMILES string of the molecule is CCOCC(C)Nc1cccc(C#N)c1. The maximum absolute atomic E-state index is 8.74. The molecule has 0 aliphatic rings. The lowest BCUT2D eigenvalue weighted by atomic mass is 10.2. The summed E-state index contributed by atoms with van der Waals surface area (Å²) >= 11 is 0. The molecule has 3 nitrogen and oxygen atoms in total. The van der Waals surface area contributed by atoms with Gasteiger partial charge in [-0.2, -0.15) is 5.26 Å². The van der Waals surface area contributed by atoms with Crippen LogP contribution in [0.4, 0.5) is 5.69 Å². The van der Waals surface area contributed by atoms with Crippen LogP contribution in [-0.2, 0) is 4.74 Å². The molecular formula is C12H16N2O. The van der Waals surface area contributed by atoms with Crippen molar-refractivity contribution < 1.29 is 4.74 Å². The number of benzene rings is 1. The van der Waals surface area contributed by atoms with E-state index in [4.69, 9.17) is 10.00 Å². The van der Waals surface area contributed by atoms with Gasteiger partial charge in [0.1, 0.15) is 0 Å². The summed E-state index contributed by atoms with van der Waals surface area (Å²) in [6.45, 7) is 5.43. The summed E-state index contributed by atoms with van der Waals surface area (Å²) in [6.07, 6.45) is 0. The number of anilines is 1. The summed E-state index contributed by atoms with van der Waals surface area (Å²) < 4.78 is 5.30. The first-order valence-electron chi connectivity index (χ1n) is 5.10. The topological polar surface area (TPSA) is 45.0 Å². The molecule has 0 saturated heterocycles. The first-order chi connectivity index (χ1) is 7.26. The van der Waals surface area contributed by atoms with Crippen molar-refractivity contribution in [2.24, 2.45) is 0 Å². The number of ether oxygens (including phenoxy) is 1. The van der Waals surface area contributed by atoms with Crippen LogP contribution >= 0.6 is 0 Å². The van der Waals surface area contributed by atoms with E-state index in [9.17, 15) is 0 Å². The predicted molar refractivity (Wildman–Crippen MR) is 60.7 cm³/mol. The number of nitriles is 1. The van der Waals surface area contributed by atoms with E-state index < -0.39 is 0 Å². The van der Waals surface area contributed by atoms with Gasteiger partial charge < -0.3 is 10.1 Å². The number of nitrogens with one attached hydrogen (secondary N) is 1. The molecule has 15 heavy (non-hydrogen) atoms. The molecule has 0 heterocycles. The van der Waals surface area contributed by atoms with Crippen LogP contribution in [0.5, 0.6) is 0 Å². The number of rotatable bonds is 5. The third-order valence-electron chi connectivity index (χ3n) is 1.98. The van der Waals surface area contributed by atoms with Crippen LogP contribution in [0.3, 0.4) is 0 Å². The molecule has 1 N–H and O–H groups in total. The van der Waals surface area contributed by atoms with Crippen molar-refractivity contribution in [1.82, 2.24) is 0 Å². The van der Waals surface area contributed by atoms with Crippen molar-refractivity contribution in [3.8, 4) is 6.07 Å². The molecule has 1 aromatic carbocycles. The van der Waals surface area contributed by atoms with Gasteiger partial charge in [-0.05, 0) is 32.0 Å². The summed E-state index contributed by atoms with van der Waals surface area (Å²) in [6, 6.07) is 9.80. The van der Waals surface area contributed by atoms with E-state index in [-0.39, 0.29) is 6.04 Å². The molecule has 3 heteroatoms. The highest BCUT2D eigenvalue weighted by Crippen LogP contribution is 2.10. The summed E-state index contributed by atoms with van der Waals surface area (Å²) in [5.41, 5.74) is 1.63. The van der Waals surface area contributed by atoms with E-state index in [1.807, 2.05) is 25.1 Å². The average molecular weight is 204 g/mol. The van der Waals surface area contributed by atoms with Crippen LogP contribution in [0.2, 0.25) is 0 Å². The molecule has 0 aliphatic heterocycles. The molecule has 1 atom stereocenters. The van der Waals surface area contributed by atoms with Gasteiger partial charge >= 0.3 is 0 Å². The molecule has 0 radical (unpaired) electrons. The molecule has 0 spiro atoms. The Morgan fingerprint density at radius 2 is 2.33 bits per heavy atom. The van der Waals surface area contributed by atoms with Crippen LogP contribution in [0.25, 0.3) is 0 Å². The molecule has 0 aliphatic carbocycles. The van der Waals surface area contributed by atoms with E-state index in [0.717, 1.165) is 12.3 Å². The second kappa shape index (κ2) is 6.05. The third-order valence-corrected chi connectivity index (χ3v) is 1.98. The lowest BCUT2D eigenvalue weighted by molar-refractivity contribution is 0.141. The molecule has 0 bridgehead atoms. The van der Waals surface area contributed by atoms with Crippen LogP contribution in [-0.4, -0.2) is 19.3 Å². The van der Waals surface area contributed by atoms with Crippen LogP contribution in [0.1, 0.15) is 19.4 Å². The van der Waals surface area contributed by atoms with Gasteiger partial charge in [0.05, 0.1) is 18.2 Å². The van der Waals surface area contributed by atoms with Crippen molar-refractivity contribution in [2.75, 3.05) is 18.5 Å². The van der Waals surface area contributed by atoms with E-state index in [1.165, 1.54) is 0 Å². The van der Waals surface area contributed by atoms with Gasteiger partial charge in [-0.1, -0.05) is 6.07 Å². The van der Waals surface area contributed by atoms with Crippen molar-refractivity contribution in [2.45, 2.75) is 19.9 Å². The molecule has 0 aromatic heterocycles. The fourth-order valence-electron chi connectivity index (χ4n) is 1.30. The van der Waals surface area contributed by atoms with Gasteiger partial charge in [0, 0.05) is 18.3 Å². The van der Waals surface area contributed by atoms with Gasteiger partial charge in [-0.15, -0.1) is 0 Å². The van der Waals surface area contributed by atoms with Gasteiger partial charge in [0.25, 0.3) is 0 Å². The van der Waals surface area contributed by atoms with Crippen LogP contribution in [0, 0.1) is 11.3 Å². The summed E-state index contributed by atoms with van der Waals surface area (Å²) in [5.74, 6) is 0. The molecular weight excluding hydrogens is 188 g/mol. The predicted octanol–water partition coefficient (Wildman–Crippen LogP) is 2.40. The second-order valence-corrected chi connectivity index (χ2v) is 3.40. The Balaban J connectivity index is 2.53. The standard InChI is InChI=1S/C12H16N2O/c1-3-15-9-10(2)14-12-6-4-5-11(7-12)8-13/h4-7,10,14H,3,9H2,1-2H3. The summed E-state index contributed by atoms with van der Waals surface area (Å²) in [5, 5.41) is 12.0. The maximum Gasteiger partial charge on any atom is 0.0992 e. The zero-order valence-electron chi connectivity index (χ0n) is 9.16. The van der Waals surface area contributed by atoms with Crippen molar-refractivity contribution in [3.05, 3.63) is 29.8 Å². The highest BCUT2D eigenvalue weighted by Gasteiger charge is 2.01. The Kier molecular flexibility index (Phi) is 4.65. The Hall–Kier alpha value is -1.53. The smallest absolute Gasteiger partial charge is 0.0992 e. The zero-order chi connectivity index (χ0) is 11.1. The molecule has 0 amide bonds. The normalized spacial score (nSPS) is 11.8. The highest BCUT2D eigenvalue weighted by atomic mass is 16.5. The highest BCUT2D eigenvalue weighted by molar-refractivity contribution is 5.49. The summed E-state index contributed by atoms with van der Waals surface area (Å²) in [7, 11) is 0. The van der Waals surface area contributed by atoms with Crippen molar-refractivity contribution in [3.63, 3.8) is 0 Å². The van der Waals surface area contributed by atoms with E-state index >= 15 is 0 Å². The second-order valence-electron chi connectivity index (χ2n) is 3.40. The lowest BCUT2D eigenvalue weighted by Crippen LogP contribution is -2.21. The minimum Gasteiger partial charge on any atom is -0.380 e. The largest absolute Gasteiger partial charge is 0.380 e. The fourth-order valence-corrected chi connectivity index (χ4v) is 1.30. The van der Waals surface area contributed by atoms with Crippen molar-refractivity contribution >= 4 is 5.69 Å². The molecule has 0 fully saturated rings. The fraction of sp³-hybridized carbons (Fsp3) is 0.417. The Morgan fingerprint density at radius 3 is 3.00 bits per heavy atom. The average Bonchev–Trinajstić information content (AvgIpc) is 2.26. The number of nitrogens with zero attached hydrogens (tertiary/aromatic N) is 1. The Labute approximate surface area is 90.7 Å². The van der Waals surface area contributed by atoms with Gasteiger partial charge in [0.2, 0.25) is 0 Å². The van der Waals surface area contributed by atoms with Crippen LogP contribution in [0.15, 0.2) is 24.3 Å². The summed E-state index contributed by atoms with van der Waals surface area (Å²) in [4.78, 5) is 0. The molecule has 0 saturated carbocycles. The monoisotopic (exact) mass is 204 g/mol. The zero-order valence-corrected chi connectivity index (χ0v) is 9.16. The van der Waals surface area contributed by atoms with E-state index in [1.54, 1.807) is 6.07 Å². The van der Waals surface area contributed by atoms with E-state index in [0.29, 0.717) is 12.2 Å². The quantitative estimate of drug-likeness (QED) is 0.801. The van der Waals surface area contributed by atoms with Gasteiger partial charge in [0.15, 0.2) is 0 Å². The van der Waals surface area contributed by atoms with E-state index in [2.05, 4.69) is 18.3 Å². The van der Waals surface area contributed by atoms with Gasteiger partial charge in [-0.25, -0.2) is 0 Å². The Bertz CT molecular complexity index is 344. The first kappa shape index (κ1) is 11.5. The number of hydrogen-bond donors (Lipinski definition) is 1. The molecule has 80 valence electrons.